The summed E-state index contributed by atoms with van der Waals surface area (Å²) >= 11 is 0. The molecule has 0 aromatic heterocycles. The maximum Gasteiger partial charge on any atom is 0.305 e. The van der Waals surface area contributed by atoms with Crippen LogP contribution in [0.1, 0.15) is 32.1 Å². The summed E-state index contributed by atoms with van der Waals surface area (Å²) in [5, 5.41) is 11.0. The van der Waals surface area contributed by atoms with Gasteiger partial charge in [0, 0.05) is 26.2 Å². The van der Waals surface area contributed by atoms with Crippen LogP contribution in [0.3, 0.4) is 0 Å². The van der Waals surface area contributed by atoms with Crippen LogP contribution in [0.25, 0.3) is 0 Å². The highest BCUT2D eigenvalue weighted by Crippen LogP contribution is 2.19. The summed E-state index contributed by atoms with van der Waals surface area (Å²) in [6.45, 7) is 1.82. The average molecular weight is 229 g/mol. The smallest absolute Gasteiger partial charge is 0.305 e. The summed E-state index contributed by atoms with van der Waals surface area (Å²) in [6.07, 6.45) is 3.42. The molecule has 0 radical (unpaired) electrons. The van der Waals surface area contributed by atoms with E-state index >= 15 is 0 Å². The average Bonchev–Trinajstić information content (AvgIpc) is 2.27. The predicted octanol–water partition coefficient (Wildman–Crippen LogP) is 0.784. The van der Waals surface area contributed by atoms with Crippen molar-refractivity contribution < 1.29 is 19.4 Å². The summed E-state index contributed by atoms with van der Waals surface area (Å²) in [6, 6.07) is 0. The molecular formula is C11H19NO4. The third-order valence-corrected chi connectivity index (χ3v) is 2.78. The van der Waals surface area contributed by atoms with Crippen LogP contribution in [0, 0.1) is 5.92 Å². The van der Waals surface area contributed by atoms with E-state index in [1.165, 1.54) is 0 Å². The van der Waals surface area contributed by atoms with Crippen LogP contribution in [0.15, 0.2) is 0 Å². The van der Waals surface area contributed by atoms with Gasteiger partial charge >= 0.3 is 5.97 Å². The molecule has 92 valence electrons. The van der Waals surface area contributed by atoms with E-state index in [9.17, 15) is 9.59 Å². The molecule has 1 saturated heterocycles. The van der Waals surface area contributed by atoms with Crippen LogP contribution in [0.2, 0.25) is 0 Å². The van der Waals surface area contributed by atoms with E-state index in [-0.39, 0.29) is 18.9 Å². The summed E-state index contributed by atoms with van der Waals surface area (Å²) < 4.78 is 5.23. The first-order valence-corrected chi connectivity index (χ1v) is 5.74. The third-order valence-electron chi connectivity index (χ3n) is 2.78. The second-order valence-corrected chi connectivity index (χ2v) is 4.09. The zero-order valence-electron chi connectivity index (χ0n) is 9.41. The standard InChI is InChI=1S/C11H19NO4/c13-10(12-6-3-11(14)15)2-1-9-4-7-16-8-5-9/h9H,1-8H2,(H,12,13)(H,14,15). The van der Waals surface area contributed by atoms with E-state index in [0.29, 0.717) is 12.3 Å². The highest BCUT2D eigenvalue weighted by Gasteiger charge is 2.14. The number of nitrogens with one attached hydrogen (secondary N) is 1. The lowest BCUT2D eigenvalue weighted by molar-refractivity contribution is -0.136. The van der Waals surface area contributed by atoms with Crippen molar-refractivity contribution in [3.05, 3.63) is 0 Å². The fourth-order valence-electron chi connectivity index (χ4n) is 1.77. The van der Waals surface area contributed by atoms with Gasteiger partial charge in [0.2, 0.25) is 5.91 Å². The Hall–Kier alpha value is -1.10. The van der Waals surface area contributed by atoms with Gasteiger partial charge in [0.15, 0.2) is 0 Å². The largest absolute Gasteiger partial charge is 0.481 e. The van der Waals surface area contributed by atoms with E-state index in [4.69, 9.17) is 9.84 Å². The van der Waals surface area contributed by atoms with Crippen molar-refractivity contribution in [1.82, 2.24) is 5.32 Å². The Labute approximate surface area is 95.2 Å². The first-order chi connectivity index (χ1) is 7.68. The maximum atomic E-state index is 11.3. The van der Waals surface area contributed by atoms with E-state index in [1.807, 2.05) is 0 Å². The van der Waals surface area contributed by atoms with Crippen molar-refractivity contribution in [2.24, 2.45) is 5.92 Å². The lowest BCUT2D eigenvalue weighted by Gasteiger charge is -2.21. The number of aliphatic carboxylic acids is 1. The minimum atomic E-state index is -0.885. The molecule has 0 aliphatic carbocycles. The van der Waals surface area contributed by atoms with E-state index < -0.39 is 5.97 Å². The first-order valence-electron chi connectivity index (χ1n) is 5.74. The number of carboxylic acids is 1. The highest BCUT2D eigenvalue weighted by atomic mass is 16.5. The van der Waals surface area contributed by atoms with Crippen LogP contribution in [-0.2, 0) is 14.3 Å². The molecule has 1 heterocycles. The van der Waals surface area contributed by atoms with E-state index in [0.717, 1.165) is 32.5 Å². The van der Waals surface area contributed by atoms with Gasteiger partial charge < -0.3 is 15.2 Å². The Balaban J connectivity index is 2.02. The number of amides is 1. The normalized spacial score (nSPS) is 17.0. The molecule has 0 bridgehead atoms. The van der Waals surface area contributed by atoms with Crippen LogP contribution in [0.4, 0.5) is 0 Å². The molecule has 0 spiro atoms. The quantitative estimate of drug-likeness (QED) is 0.706. The van der Waals surface area contributed by atoms with Crippen LogP contribution in [-0.4, -0.2) is 36.7 Å². The van der Waals surface area contributed by atoms with Crippen LogP contribution in [0.5, 0.6) is 0 Å². The van der Waals surface area contributed by atoms with Gasteiger partial charge in [-0.05, 0) is 25.2 Å². The zero-order valence-corrected chi connectivity index (χ0v) is 9.41. The second-order valence-electron chi connectivity index (χ2n) is 4.09. The molecule has 5 nitrogen and oxygen atoms in total. The van der Waals surface area contributed by atoms with Gasteiger partial charge in [-0.25, -0.2) is 0 Å². The van der Waals surface area contributed by atoms with Crippen molar-refractivity contribution in [3.8, 4) is 0 Å². The Bertz CT molecular complexity index is 236. The molecule has 0 atom stereocenters. The summed E-state index contributed by atoms with van der Waals surface area (Å²) in [5.74, 6) is -0.351. The van der Waals surface area contributed by atoms with Gasteiger partial charge in [-0.15, -0.1) is 0 Å². The zero-order chi connectivity index (χ0) is 11.8. The Morgan fingerprint density at radius 2 is 1.94 bits per heavy atom. The summed E-state index contributed by atoms with van der Waals surface area (Å²) in [7, 11) is 0. The molecule has 1 rings (SSSR count). The lowest BCUT2D eigenvalue weighted by atomic mass is 9.95. The molecular weight excluding hydrogens is 210 g/mol. The minimum Gasteiger partial charge on any atom is -0.481 e. The van der Waals surface area contributed by atoms with Crippen molar-refractivity contribution in [1.29, 1.82) is 0 Å². The van der Waals surface area contributed by atoms with Crippen LogP contribution >= 0.6 is 0 Å². The van der Waals surface area contributed by atoms with Gasteiger partial charge in [-0.3, -0.25) is 9.59 Å². The Morgan fingerprint density at radius 3 is 2.56 bits per heavy atom. The van der Waals surface area contributed by atoms with Crippen molar-refractivity contribution in [2.75, 3.05) is 19.8 Å². The number of carbonyl (C=O) groups excluding carboxylic acids is 1. The van der Waals surface area contributed by atoms with Gasteiger partial charge in [0.1, 0.15) is 0 Å². The fourth-order valence-corrected chi connectivity index (χ4v) is 1.77. The molecule has 1 fully saturated rings. The van der Waals surface area contributed by atoms with Gasteiger partial charge in [0.25, 0.3) is 0 Å². The molecule has 0 unspecified atom stereocenters. The highest BCUT2D eigenvalue weighted by molar-refractivity contribution is 5.76. The molecule has 16 heavy (non-hydrogen) atoms. The summed E-state index contributed by atoms with van der Waals surface area (Å²) in [4.78, 5) is 21.6. The molecule has 0 aromatic rings. The molecule has 5 heteroatoms. The number of carboxylic acid groups (broad SMARTS) is 1. The molecule has 0 aromatic carbocycles. The van der Waals surface area contributed by atoms with E-state index in [1.54, 1.807) is 0 Å². The summed E-state index contributed by atoms with van der Waals surface area (Å²) in [5.41, 5.74) is 0. The SMILES string of the molecule is O=C(O)CCNC(=O)CCC1CCOCC1. The molecule has 1 amide bonds. The van der Waals surface area contributed by atoms with E-state index in [2.05, 4.69) is 5.32 Å². The van der Waals surface area contributed by atoms with Gasteiger partial charge in [-0.2, -0.15) is 0 Å². The maximum absolute atomic E-state index is 11.3. The number of rotatable bonds is 6. The number of hydrogen-bond donors (Lipinski definition) is 2. The Morgan fingerprint density at radius 1 is 1.25 bits per heavy atom. The lowest BCUT2D eigenvalue weighted by Crippen LogP contribution is -2.27. The Kier molecular flexibility index (Phi) is 5.85. The van der Waals surface area contributed by atoms with Crippen molar-refractivity contribution in [2.45, 2.75) is 32.1 Å². The van der Waals surface area contributed by atoms with Crippen molar-refractivity contribution in [3.63, 3.8) is 0 Å². The first kappa shape index (κ1) is 13.0. The number of ether oxygens (including phenoxy) is 1. The van der Waals surface area contributed by atoms with Gasteiger partial charge in [-0.1, -0.05) is 0 Å². The predicted molar refractivity (Wildman–Crippen MR) is 58.0 cm³/mol. The van der Waals surface area contributed by atoms with Crippen molar-refractivity contribution >= 4 is 11.9 Å². The molecule has 1 aliphatic heterocycles. The second kappa shape index (κ2) is 7.22. The molecule has 1 aliphatic rings. The molecule has 0 saturated carbocycles. The third kappa shape index (κ3) is 5.70. The van der Waals surface area contributed by atoms with Gasteiger partial charge in [0.05, 0.1) is 6.42 Å². The monoisotopic (exact) mass is 229 g/mol. The minimum absolute atomic E-state index is 0.0109. The molecule has 2 N–H and O–H groups in total. The topological polar surface area (TPSA) is 75.6 Å². The van der Waals surface area contributed by atoms with Crippen LogP contribution < -0.4 is 5.32 Å². The number of hydrogen-bond acceptors (Lipinski definition) is 3. The number of carbonyl (C=O) groups is 2. The fraction of sp³-hybridized carbons (Fsp3) is 0.818.